The van der Waals surface area contributed by atoms with Crippen molar-refractivity contribution >= 4 is 5.78 Å². The smallest absolute Gasteiger partial charge is 0.166 e. The first-order valence-corrected chi connectivity index (χ1v) is 6.50. The standard InChI is InChI=1S/C16H24O2/c1-12(10-11-18-5)15(17)13-8-6-7-9-14(13)16(2,3)4/h6-9,12H,10-11H2,1-5H3. The van der Waals surface area contributed by atoms with Crippen molar-refractivity contribution in [2.45, 2.75) is 39.5 Å². The van der Waals surface area contributed by atoms with Crippen molar-refractivity contribution in [3.8, 4) is 0 Å². The summed E-state index contributed by atoms with van der Waals surface area (Å²) < 4.78 is 5.04. The Morgan fingerprint density at radius 2 is 1.89 bits per heavy atom. The third-order valence-electron chi connectivity index (χ3n) is 3.20. The molecule has 0 aromatic heterocycles. The number of ketones is 1. The average molecular weight is 248 g/mol. The molecule has 18 heavy (non-hydrogen) atoms. The average Bonchev–Trinajstić information content (AvgIpc) is 2.34. The molecule has 1 rings (SSSR count). The summed E-state index contributed by atoms with van der Waals surface area (Å²) in [5, 5.41) is 0. The molecule has 0 aliphatic carbocycles. The van der Waals surface area contributed by atoms with E-state index in [2.05, 4.69) is 26.8 Å². The minimum absolute atomic E-state index is 0.00672. The van der Waals surface area contributed by atoms with Crippen LogP contribution in [0.5, 0.6) is 0 Å². The third kappa shape index (κ3) is 3.67. The second-order valence-electron chi connectivity index (χ2n) is 5.84. The van der Waals surface area contributed by atoms with Crippen LogP contribution in [0.25, 0.3) is 0 Å². The molecule has 2 heteroatoms. The summed E-state index contributed by atoms with van der Waals surface area (Å²) in [5.74, 6) is 0.228. The number of hydrogen-bond acceptors (Lipinski definition) is 2. The van der Waals surface area contributed by atoms with Crippen molar-refractivity contribution in [1.82, 2.24) is 0 Å². The molecule has 0 amide bonds. The second-order valence-corrected chi connectivity index (χ2v) is 5.84. The summed E-state index contributed by atoms with van der Waals surface area (Å²) in [6.07, 6.45) is 0.772. The predicted octanol–water partition coefficient (Wildman–Crippen LogP) is 3.84. The van der Waals surface area contributed by atoms with E-state index in [0.717, 1.165) is 17.5 Å². The lowest BCUT2D eigenvalue weighted by Gasteiger charge is -2.23. The maximum atomic E-state index is 12.5. The highest BCUT2D eigenvalue weighted by Crippen LogP contribution is 2.27. The van der Waals surface area contributed by atoms with Crippen molar-refractivity contribution in [2.75, 3.05) is 13.7 Å². The van der Waals surface area contributed by atoms with Gasteiger partial charge in [0.2, 0.25) is 0 Å². The van der Waals surface area contributed by atoms with E-state index in [1.165, 1.54) is 0 Å². The van der Waals surface area contributed by atoms with Crippen molar-refractivity contribution < 1.29 is 9.53 Å². The van der Waals surface area contributed by atoms with E-state index in [9.17, 15) is 4.79 Å². The van der Waals surface area contributed by atoms with E-state index < -0.39 is 0 Å². The van der Waals surface area contributed by atoms with Crippen LogP contribution in [0.15, 0.2) is 24.3 Å². The molecule has 0 radical (unpaired) electrons. The fourth-order valence-corrected chi connectivity index (χ4v) is 2.04. The van der Waals surface area contributed by atoms with Crippen LogP contribution >= 0.6 is 0 Å². The molecular formula is C16H24O2. The lowest BCUT2D eigenvalue weighted by Crippen LogP contribution is -2.21. The largest absolute Gasteiger partial charge is 0.385 e. The number of ether oxygens (including phenoxy) is 1. The normalized spacial score (nSPS) is 13.4. The van der Waals surface area contributed by atoms with Gasteiger partial charge in [-0.05, 0) is 17.4 Å². The number of benzene rings is 1. The molecule has 0 heterocycles. The number of methoxy groups -OCH3 is 1. The molecule has 0 aliphatic rings. The van der Waals surface area contributed by atoms with Crippen LogP contribution in [-0.4, -0.2) is 19.5 Å². The van der Waals surface area contributed by atoms with Crippen LogP contribution in [0.4, 0.5) is 0 Å². The van der Waals surface area contributed by atoms with E-state index in [4.69, 9.17) is 4.74 Å². The fourth-order valence-electron chi connectivity index (χ4n) is 2.04. The van der Waals surface area contributed by atoms with Gasteiger partial charge in [-0.25, -0.2) is 0 Å². The zero-order chi connectivity index (χ0) is 13.8. The van der Waals surface area contributed by atoms with Gasteiger partial charge in [0.25, 0.3) is 0 Å². The first kappa shape index (κ1) is 14.9. The van der Waals surface area contributed by atoms with Crippen LogP contribution in [0.2, 0.25) is 0 Å². The van der Waals surface area contributed by atoms with E-state index in [0.29, 0.717) is 6.61 Å². The Kier molecular flexibility index (Phi) is 5.09. The highest BCUT2D eigenvalue weighted by Gasteiger charge is 2.23. The van der Waals surface area contributed by atoms with E-state index in [1.54, 1.807) is 7.11 Å². The lowest BCUT2D eigenvalue weighted by atomic mass is 9.81. The Morgan fingerprint density at radius 1 is 1.28 bits per heavy atom. The summed E-state index contributed by atoms with van der Waals surface area (Å²) in [5.41, 5.74) is 1.97. The Bertz CT molecular complexity index is 402. The van der Waals surface area contributed by atoms with Crippen molar-refractivity contribution in [3.05, 3.63) is 35.4 Å². The van der Waals surface area contributed by atoms with Gasteiger partial charge in [-0.3, -0.25) is 4.79 Å². The van der Waals surface area contributed by atoms with Gasteiger partial charge in [0.15, 0.2) is 5.78 Å². The first-order chi connectivity index (χ1) is 8.38. The Balaban J connectivity index is 2.99. The van der Waals surface area contributed by atoms with Gasteiger partial charge in [-0.1, -0.05) is 52.0 Å². The number of hydrogen-bond donors (Lipinski definition) is 0. The highest BCUT2D eigenvalue weighted by molar-refractivity contribution is 5.99. The van der Waals surface area contributed by atoms with Crippen molar-refractivity contribution in [1.29, 1.82) is 0 Å². The second kappa shape index (κ2) is 6.14. The van der Waals surface area contributed by atoms with Crippen molar-refractivity contribution in [3.63, 3.8) is 0 Å². The summed E-state index contributed by atoms with van der Waals surface area (Å²) >= 11 is 0. The van der Waals surface area contributed by atoms with E-state index in [1.807, 2.05) is 25.1 Å². The predicted molar refractivity (Wildman–Crippen MR) is 75.1 cm³/mol. The van der Waals surface area contributed by atoms with E-state index >= 15 is 0 Å². The maximum absolute atomic E-state index is 12.5. The molecule has 1 aromatic rings. The molecule has 0 aliphatic heterocycles. The number of rotatable bonds is 5. The van der Waals surface area contributed by atoms with Crippen LogP contribution in [0, 0.1) is 5.92 Å². The van der Waals surface area contributed by atoms with Gasteiger partial charge >= 0.3 is 0 Å². The molecule has 2 nitrogen and oxygen atoms in total. The van der Waals surface area contributed by atoms with Gasteiger partial charge < -0.3 is 4.74 Å². The molecule has 1 aromatic carbocycles. The molecular weight excluding hydrogens is 224 g/mol. The summed E-state index contributed by atoms with van der Waals surface area (Å²) in [7, 11) is 1.67. The SMILES string of the molecule is COCCC(C)C(=O)c1ccccc1C(C)(C)C. The van der Waals surface area contributed by atoms with Crippen LogP contribution < -0.4 is 0 Å². The van der Waals surface area contributed by atoms with Crippen LogP contribution in [-0.2, 0) is 10.2 Å². The summed E-state index contributed by atoms with van der Waals surface area (Å²) in [6, 6.07) is 7.92. The van der Waals surface area contributed by atoms with Crippen LogP contribution in [0.3, 0.4) is 0 Å². The zero-order valence-electron chi connectivity index (χ0n) is 12.1. The minimum atomic E-state index is -0.00672. The Labute approximate surface area is 110 Å². The third-order valence-corrected chi connectivity index (χ3v) is 3.20. The Morgan fingerprint density at radius 3 is 2.44 bits per heavy atom. The molecule has 0 N–H and O–H groups in total. The number of carbonyl (C=O) groups is 1. The monoisotopic (exact) mass is 248 g/mol. The first-order valence-electron chi connectivity index (χ1n) is 6.50. The number of Topliss-reactive ketones (excluding diaryl/α,β-unsaturated/α-hetero) is 1. The van der Waals surface area contributed by atoms with Crippen molar-refractivity contribution in [2.24, 2.45) is 5.92 Å². The maximum Gasteiger partial charge on any atom is 0.166 e. The quantitative estimate of drug-likeness (QED) is 0.740. The molecule has 0 bridgehead atoms. The molecule has 0 saturated heterocycles. The summed E-state index contributed by atoms with van der Waals surface area (Å²) in [6.45, 7) is 9.02. The van der Waals surface area contributed by atoms with Gasteiger partial charge in [-0.15, -0.1) is 0 Å². The minimum Gasteiger partial charge on any atom is -0.385 e. The molecule has 0 fully saturated rings. The number of carbonyl (C=O) groups excluding carboxylic acids is 1. The van der Waals surface area contributed by atoms with Gasteiger partial charge in [0.05, 0.1) is 0 Å². The highest BCUT2D eigenvalue weighted by atomic mass is 16.5. The molecule has 0 spiro atoms. The molecule has 0 saturated carbocycles. The molecule has 1 unspecified atom stereocenters. The fraction of sp³-hybridized carbons (Fsp3) is 0.562. The van der Waals surface area contributed by atoms with Gasteiger partial charge in [-0.2, -0.15) is 0 Å². The molecule has 100 valence electrons. The Hall–Kier alpha value is -1.15. The summed E-state index contributed by atoms with van der Waals surface area (Å²) in [4.78, 5) is 12.5. The molecule has 1 atom stereocenters. The van der Waals surface area contributed by atoms with Crippen LogP contribution in [0.1, 0.15) is 50.0 Å². The van der Waals surface area contributed by atoms with Gasteiger partial charge in [0, 0.05) is 25.2 Å². The topological polar surface area (TPSA) is 26.3 Å². The zero-order valence-corrected chi connectivity index (χ0v) is 12.1. The van der Waals surface area contributed by atoms with E-state index in [-0.39, 0.29) is 17.1 Å². The van der Waals surface area contributed by atoms with Gasteiger partial charge in [0.1, 0.15) is 0 Å². The lowest BCUT2D eigenvalue weighted by molar-refractivity contribution is 0.0891.